The van der Waals surface area contributed by atoms with Crippen LogP contribution in [0.4, 0.5) is 0 Å². The van der Waals surface area contributed by atoms with E-state index in [0.717, 1.165) is 12.0 Å². The maximum atomic E-state index is 6.15. The maximum absolute atomic E-state index is 6.15. The van der Waals surface area contributed by atoms with Crippen molar-refractivity contribution in [2.75, 3.05) is 13.7 Å². The normalized spacial score (nSPS) is 10.5. The number of hydrogen-bond donors (Lipinski definition) is 2. The van der Waals surface area contributed by atoms with Gasteiger partial charge in [-0.15, -0.1) is 0 Å². The van der Waals surface area contributed by atoms with E-state index in [1.807, 2.05) is 6.92 Å². The zero-order chi connectivity index (χ0) is 14.3. The number of thiocarbonyl (C=S) groups is 1. The summed E-state index contributed by atoms with van der Waals surface area (Å²) in [5.41, 5.74) is 8.47. The molecule has 1 aromatic rings. The number of hydrogen-bond acceptors (Lipinski definition) is 4. The van der Waals surface area contributed by atoms with Crippen LogP contribution in [0, 0.1) is 0 Å². The van der Waals surface area contributed by atoms with Crippen molar-refractivity contribution in [3.63, 3.8) is 0 Å². The number of benzene rings is 1. The number of halogens is 1. The van der Waals surface area contributed by atoms with Gasteiger partial charge < -0.3 is 15.2 Å². The highest BCUT2D eigenvalue weighted by Crippen LogP contribution is 2.36. The summed E-state index contributed by atoms with van der Waals surface area (Å²) >= 11 is 10.8. The quantitative estimate of drug-likeness (QED) is 0.479. The van der Waals surface area contributed by atoms with Crippen molar-refractivity contribution in [1.82, 2.24) is 5.43 Å². The number of nitrogens with zero attached hydrogens (tertiary/aromatic N) is 1. The fourth-order valence-corrected chi connectivity index (χ4v) is 1.66. The van der Waals surface area contributed by atoms with Gasteiger partial charge in [0.1, 0.15) is 0 Å². The summed E-state index contributed by atoms with van der Waals surface area (Å²) in [4.78, 5) is 0. The molecule has 7 heteroatoms. The first-order valence-corrected chi connectivity index (χ1v) is 6.46. The molecule has 5 nitrogen and oxygen atoms in total. The van der Waals surface area contributed by atoms with E-state index in [2.05, 4.69) is 22.7 Å². The van der Waals surface area contributed by atoms with Crippen molar-refractivity contribution in [3.05, 3.63) is 22.7 Å². The van der Waals surface area contributed by atoms with E-state index in [1.165, 1.54) is 6.21 Å². The molecule has 0 radical (unpaired) electrons. The maximum Gasteiger partial charge on any atom is 0.184 e. The zero-order valence-electron chi connectivity index (χ0n) is 10.8. The second-order valence-corrected chi connectivity index (χ2v) is 4.46. The van der Waals surface area contributed by atoms with Crippen LogP contribution in [0.15, 0.2) is 17.2 Å². The summed E-state index contributed by atoms with van der Waals surface area (Å²) in [6.07, 6.45) is 2.43. The molecule has 0 fully saturated rings. The van der Waals surface area contributed by atoms with Crippen molar-refractivity contribution in [2.45, 2.75) is 13.3 Å². The van der Waals surface area contributed by atoms with Crippen LogP contribution in [0.1, 0.15) is 18.9 Å². The summed E-state index contributed by atoms with van der Waals surface area (Å²) in [5.74, 6) is 1.09. The van der Waals surface area contributed by atoms with Crippen LogP contribution in [0.25, 0.3) is 0 Å². The lowest BCUT2D eigenvalue weighted by Gasteiger charge is -2.12. The number of nitrogens with two attached hydrogens (primary N) is 1. The number of hydrazone groups is 1. The molecule has 0 amide bonds. The van der Waals surface area contributed by atoms with Crippen LogP contribution in [0.2, 0.25) is 5.02 Å². The van der Waals surface area contributed by atoms with Gasteiger partial charge in [-0.3, -0.25) is 5.43 Å². The molecule has 19 heavy (non-hydrogen) atoms. The van der Waals surface area contributed by atoms with Gasteiger partial charge in [0.2, 0.25) is 0 Å². The Bertz CT molecular complexity index is 480. The number of nitrogens with one attached hydrogen (secondary N) is 1. The van der Waals surface area contributed by atoms with Crippen LogP contribution >= 0.6 is 23.8 Å². The van der Waals surface area contributed by atoms with Crippen molar-refractivity contribution >= 4 is 35.1 Å². The highest BCUT2D eigenvalue weighted by molar-refractivity contribution is 7.80. The third-order valence-electron chi connectivity index (χ3n) is 2.09. The van der Waals surface area contributed by atoms with Crippen LogP contribution in [0.5, 0.6) is 11.5 Å². The summed E-state index contributed by atoms with van der Waals surface area (Å²) < 4.78 is 10.8. The second-order valence-electron chi connectivity index (χ2n) is 3.62. The molecule has 0 spiro atoms. The monoisotopic (exact) mass is 301 g/mol. The molecule has 0 unspecified atom stereocenters. The summed E-state index contributed by atoms with van der Waals surface area (Å²) in [6.45, 7) is 2.59. The van der Waals surface area contributed by atoms with Crippen molar-refractivity contribution in [2.24, 2.45) is 10.8 Å². The van der Waals surface area contributed by atoms with Gasteiger partial charge in [-0.25, -0.2) is 0 Å². The molecular weight excluding hydrogens is 286 g/mol. The Morgan fingerprint density at radius 3 is 2.89 bits per heavy atom. The lowest BCUT2D eigenvalue weighted by Crippen LogP contribution is -2.23. The van der Waals surface area contributed by atoms with E-state index >= 15 is 0 Å². The Morgan fingerprint density at radius 1 is 1.58 bits per heavy atom. The number of methoxy groups -OCH3 is 1. The Labute approximate surface area is 122 Å². The molecule has 0 aliphatic rings. The van der Waals surface area contributed by atoms with Crippen molar-refractivity contribution in [3.8, 4) is 11.5 Å². The molecule has 0 saturated carbocycles. The minimum atomic E-state index is 0.0946. The van der Waals surface area contributed by atoms with Gasteiger partial charge in [-0.2, -0.15) is 5.10 Å². The van der Waals surface area contributed by atoms with E-state index < -0.39 is 0 Å². The fourth-order valence-electron chi connectivity index (χ4n) is 1.33. The standard InChI is InChI=1S/C12H16ClN3O2S/c1-3-4-18-11-9(13)5-8(6-10(11)17-2)7-15-16-12(14)19/h5-7H,3-4H2,1-2H3,(H3,14,16,19)/b15-7+. The Morgan fingerprint density at radius 2 is 2.32 bits per heavy atom. The van der Waals surface area contributed by atoms with E-state index in [4.69, 9.17) is 26.8 Å². The molecule has 0 atom stereocenters. The minimum Gasteiger partial charge on any atom is -0.493 e. The average Bonchev–Trinajstić information content (AvgIpc) is 2.36. The van der Waals surface area contributed by atoms with Crippen molar-refractivity contribution in [1.29, 1.82) is 0 Å². The third-order valence-corrected chi connectivity index (χ3v) is 2.46. The number of rotatable bonds is 6. The SMILES string of the molecule is CCCOc1c(Cl)cc(/C=N/NC(N)=S)cc1OC. The Kier molecular flexibility index (Phi) is 6.38. The molecule has 1 aromatic carbocycles. The van der Waals surface area contributed by atoms with Gasteiger partial charge in [0.25, 0.3) is 0 Å². The predicted molar refractivity (Wildman–Crippen MR) is 81.3 cm³/mol. The molecule has 0 bridgehead atoms. The predicted octanol–water partition coefficient (Wildman–Crippen LogP) is 2.30. The highest BCUT2D eigenvalue weighted by atomic mass is 35.5. The highest BCUT2D eigenvalue weighted by Gasteiger charge is 2.11. The number of ether oxygens (including phenoxy) is 2. The molecular formula is C12H16ClN3O2S. The van der Waals surface area contributed by atoms with E-state index in [9.17, 15) is 0 Å². The molecule has 0 aromatic heterocycles. The first-order valence-electron chi connectivity index (χ1n) is 5.67. The van der Waals surface area contributed by atoms with Crippen LogP contribution in [-0.4, -0.2) is 25.0 Å². The van der Waals surface area contributed by atoms with Gasteiger partial charge in [-0.05, 0) is 36.3 Å². The van der Waals surface area contributed by atoms with Crippen LogP contribution in [0.3, 0.4) is 0 Å². The molecule has 104 valence electrons. The third kappa shape index (κ3) is 4.92. The smallest absolute Gasteiger partial charge is 0.184 e. The summed E-state index contributed by atoms with van der Waals surface area (Å²) in [7, 11) is 1.55. The lowest BCUT2D eigenvalue weighted by atomic mass is 10.2. The van der Waals surface area contributed by atoms with Gasteiger partial charge in [-0.1, -0.05) is 18.5 Å². The average molecular weight is 302 g/mol. The summed E-state index contributed by atoms with van der Waals surface area (Å²) in [6, 6.07) is 3.49. The zero-order valence-corrected chi connectivity index (χ0v) is 12.3. The van der Waals surface area contributed by atoms with E-state index in [1.54, 1.807) is 19.2 Å². The van der Waals surface area contributed by atoms with E-state index in [-0.39, 0.29) is 5.11 Å². The minimum absolute atomic E-state index is 0.0946. The van der Waals surface area contributed by atoms with Gasteiger partial charge in [0, 0.05) is 0 Å². The second kappa shape index (κ2) is 7.81. The van der Waals surface area contributed by atoms with Gasteiger partial charge in [0.15, 0.2) is 16.6 Å². The first-order chi connectivity index (χ1) is 9.08. The van der Waals surface area contributed by atoms with Crippen LogP contribution < -0.4 is 20.6 Å². The molecule has 1 rings (SSSR count). The van der Waals surface area contributed by atoms with Crippen molar-refractivity contribution < 1.29 is 9.47 Å². The Balaban J connectivity index is 2.95. The largest absolute Gasteiger partial charge is 0.493 e. The molecule has 0 aliphatic heterocycles. The van der Waals surface area contributed by atoms with E-state index in [0.29, 0.717) is 23.1 Å². The van der Waals surface area contributed by atoms with Gasteiger partial charge >= 0.3 is 0 Å². The first kappa shape index (κ1) is 15.5. The lowest BCUT2D eigenvalue weighted by molar-refractivity contribution is 0.294. The fraction of sp³-hybridized carbons (Fsp3) is 0.333. The Hall–Kier alpha value is -1.53. The molecule has 0 saturated heterocycles. The topological polar surface area (TPSA) is 68.9 Å². The molecule has 0 heterocycles. The molecule has 0 aliphatic carbocycles. The summed E-state index contributed by atoms with van der Waals surface area (Å²) in [5, 5.41) is 4.41. The molecule has 3 N–H and O–H groups in total. The van der Waals surface area contributed by atoms with Crippen LogP contribution in [-0.2, 0) is 0 Å². The van der Waals surface area contributed by atoms with Gasteiger partial charge in [0.05, 0.1) is 25.0 Å².